The number of rotatable bonds is 0. The van der Waals surface area contributed by atoms with Gasteiger partial charge in [0, 0.05) is 32.9 Å². The van der Waals surface area contributed by atoms with E-state index in [0.717, 1.165) is 6.54 Å². The van der Waals surface area contributed by atoms with Gasteiger partial charge in [0.1, 0.15) is 0 Å². The number of hydrogen-bond donors (Lipinski definition) is 0. The lowest BCUT2D eigenvalue weighted by Crippen LogP contribution is -2.42. The molecule has 0 atom stereocenters. The molecule has 3 heteroatoms. The van der Waals surface area contributed by atoms with E-state index in [2.05, 4.69) is 21.8 Å². The van der Waals surface area contributed by atoms with E-state index in [1.165, 1.54) is 42.9 Å². The van der Waals surface area contributed by atoms with Crippen molar-refractivity contribution in [3.05, 3.63) is 18.0 Å². The molecular weight excluding hydrogens is 174 g/mol. The lowest BCUT2D eigenvalue weighted by atomic mass is 10.0. The number of likely N-dealkylation sites (N-methyl/N-ethyl adjacent to an activating group) is 1. The largest absolute Gasteiger partial charge is 0.370 e. The summed E-state index contributed by atoms with van der Waals surface area (Å²) in [7, 11) is 2.16. The minimum atomic E-state index is 1.12. The second-order valence-corrected chi connectivity index (χ2v) is 4.18. The van der Waals surface area contributed by atoms with Crippen LogP contribution in [-0.4, -0.2) is 31.7 Å². The molecule has 2 aliphatic rings. The normalized spacial score (nSPS) is 19.5. The van der Waals surface area contributed by atoms with Crippen molar-refractivity contribution in [1.29, 1.82) is 0 Å². The molecule has 0 N–H and O–H groups in total. The van der Waals surface area contributed by atoms with E-state index >= 15 is 0 Å². The maximum atomic E-state index is 4.32. The molecule has 1 aromatic heterocycles. The van der Waals surface area contributed by atoms with Gasteiger partial charge >= 0.3 is 0 Å². The monoisotopic (exact) mass is 189 g/mol. The predicted molar refractivity (Wildman–Crippen MR) is 58.0 cm³/mol. The third-order valence-electron chi connectivity index (χ3n) is 3.28. The summed E-state index contributed by atoms with van der Waals surface area (Å²) in [6.45, 7) is 3.51. The average Bonchev–Trinajstić information content (AvgIpc) is 2.24. The van der Waals surface area contributed by atoms with Crippen LogP contribution in [0.1, 0.15) is 12.0 Å². The first-order valence-electron chi connectivity index (χ1n) is 5.29. The van der Waals surface area contributed by atoms with E-state index in [-0.39, 0.29) is 0 Å². The van der Waals surface area contributed by atoms with Gasteiger partial charge in [-0.25, -0.2) is 0 Å². The Labute approximate surface area is 84.3 Å². The minimum Gasteiger partial charge on any atom is -0.370 e. The first-order chi connectivity index (χ1) is 6.86. The topological polar surface area (TPSA) is 19.4 Å². The summed E-state index contributed by atoms with van der Waals surface area (Å²) in [5, 5.41) is 0. The van der Waals surface area contributed by atoms with Crippen LogP contribution in [0.4, 0.5) is 11.4 Å². The Bertz CT molecular complexity index is 362. The highest BCUT2D eigenvalue weighted by Gasteiger charge is 2.25. The smallest absolute Gasteiger partial charge is 0.0791 e. The highest BCUT2D eigenvalue weighted by Crippen LogP contribution is 2.37. The zero-order valence-electron chi connectivity index (χ0n) is 8.53. The summed E-state index contributed by atoms with van der Waals surface area (Å²) in [6, 6.07) is 0. The molecule has 0 radical (unpaired) electrons. The first-order valence-corrected chi connectivity index (χ1v) is 5.29. The average molecular weight is 189 g/mol. The maximum absolute atomic E-state index is 4.32. The van der Waals surface area contributed by atoms with E-state index in [1.54, 1.807) is 0 Å². The number of aryl methyl sites for hydroxylation is 1. The second-order valence-electron chi connectivity index (χ2n) is 4.18. The molecule has 0 unspecified atom stereocenters. The fourth-order valence-corrected chi connectivity index (χ4v) is 2.50. The van der Waals surface area contributed by atoms with Crippen LogP contribution in [0.3, 0.4) is 0 Å². The fraction of sp³-hybridized carbons (Fsp3) is 0.545. The molecule has 3 heterocycles. The predicted octanol–water partition coefficient (Wildman–Crippen LogP) is 1.28. The van der Waals surface area contributed by atoms with E-state index in [9.17, 15) is 0 Å². The standard InChI is InChI=1S/C11H15N3/c1-13-5-6-14-4-2-3-9-7-12-8-10(13)11(9)14/h7-8H,2-6H2,1H3. The fourth-order valence-electron chi connectivity index (χ4n) is 2.50. The molecule has 0 saturated carbocycles. The molecule has 3 rings (SSSR count). The van der Waals surface area contributed by atoms with Crippen LogP contribution in [0.5, 0.6) is 0 Å². The Morgan fingerprint density at radius 1 is 1.21 bits per heavy atom. The van der Waals surface area contributed by atoms with Gasteiger partial charge in [-0.15, -0.1) is 0 Å². The number of hydrogen-bond acceptors (Lipinski definition) is 3. The highest BCUT2D eigenvalue weighted by molar-refractivity contribution is 5.76. The molecule has 0 aliphatic carbocycles. The van der Waals surface area contributed by atoms with Crippen LogP contribution in [0.2, 0.25) is 0 Å². The van der Waals surface area contributed by atoms with Gasteiger partial charge in [0.05, 0.1) is 17.6 Å². The van der Waals surface area contributed by atoms with Crippen molar-refractivity contribution in [2.24, 2.45) is 0 Å². The molecule has 74 valence electrons. The molecule has 1 aromatic rings. The van der Waals surface area contributed by atoms with Crippen molar-refractivity contribution in [3.8, 4) is 0 Å². The molecule has 0 spiro atoms. The van der Waals surface area contributed by atoms with Gasteiger partial charge in [0.25, 0.3) is 0 Å². The van der Waals surface area contributed by atoms with Gasteiger partial charge in [0.15, 0.2) is 0 Å². The summed E-state index contributed by atoms with van der Waals surface area (Å²) in [5.41, 5.74) is 4.19. The molecule has 0 aromatic carbocycles. The molecule has 0 amide bonds. The van der Waals surface area contributed by atoms with Crippen molar-refractivity contribution in [1.82, 2.24) is 4.98 Å². The lowest BCUT2D eigenvalue weighted by molar-refractivity contribution is 0.659. The molecule has 14 heavy (non-hydrogen) atoms. The van der Waals surface area contributed by atoms with Crippen LogP contribution >= 0.6 is 0 Å². The summed E-state index contributed by atoms with van der Waals surface area (Å²) < 4.78 is 0. The Balaban J connectivity index is 2.19. The van der Waals surface area contributed by atoms with Crippen LogP contribution in [0.25, 0.3) is 0 Å². The van der Waals surface area contributed by atoms with E-state index < -0.39 is 0 Å². The quantitative estimate of drug-likeness (QED) is 0.613. The van der Waals surface area contributed by atoms with Crippen molar-refractivity contribution in [2.45, 2.75) is 12.8 Å². The summed E-state index contributed by atoms with van der Waals surface area (Å²) in [5.74, 6) is 0. The van der Waals surface area contributed by atoms with Gasteiger partial charge in [-0.1, -0.05) is 0 Å². The van der Waals surface area contributed by atoms with Crippen LogP contribution in [0, 0.1) is 0 Å². The van der Waals surface area contributed by atoms with Crippen molar-refractivity contribution in [2.75, 3.05) is 36.5 Å². The van der Waals surface area contributed by atoms with Crippen molar-refractivity contribution >= 4 is 11.4 Å². The van der Waals surface area contributed by atoms with Crippen molar-refractivity contribution < 1.29 is 0 Å². The molecule has 0 bridgehead atoms. The summed E-state index contributed by atoms with van der Waals surface area (Å²) in [6.07, 6.45) is 6.50. The van der Waals surface area contributed by atoms with Crippen molar-refractivity contribution in [3.63, 3.8) is 0 Å². The second kappa shape index (κ2) is 2.87. The maximum Gasteiger partial charge on any atom is 0.0791 e. The number of pyridine rings is 1. The molecule has 0 saturated heterocycles. The van der Waals surface area contributed by atoms with E-state index in [1.807, 2.05) is 12.4 Å². The summed E-state index contributed by atoms with van der Waals surface area (Å²) >= 11 is 0. The van der Waals surface area contributed by atoms with Crippen LogP contribution in [0.15, 0.2) is 12.4 Å². The number of anilines is 2. The summed E-state index contributed by atoms with van der Waals surface area (Å²) in [4.78, 5) is 9.14. The molecular formula is C11H15N3. The molecule has 2 aliphatic heterocycles. The Kier molecular flexibility index (Phi) is 1.66. The highest BCUT2D eigenvalue weighted by atomic mass is 15.3. The van der Waals surface area contributed by atoms with Gasteiger partial charge in [-0.3, -0.25) is 4.98 Å². The first kappa shape index (κ1) is 8.09. The van der Waals surface area contributed by atoms with E-state index in [4.69, 9.17) is 0 Å². The van der Waals surface area contributed by atoms with E-state index in [0.29, 0.717) is 0 Å². The zero-order chi connectivity index (χ0) is 9.54. The van der Waals surface area contributed by atoms with Crippen LogP contribution < -0.4 is 9.80 Å². The minimum absolute atomic E-state index is 1.12. The Hall–Kier alpha value is -1.25. The van der Waals surface area contributed by atoms with Gasteiger partial charge in [0.2, 0.25) is 0 Å². The van der Waals surface area contributed by atoms with Gasteiger partial charge < -0.3 is 9.80 Å². The Morgan fingerprint density at radius 2 is 2.14 bits per heavy atom. The van der Waals surface area contributed by atoms with Crippen LogP contribution in [-0.2, 0) is 6.42 Å². The third-order valence-corrected chi connectivity index (χ3v) is 3.28. The number of aromatic nitrogens is 1. The Morgan fingerprint density at radius 3 is 3.07 bits per heavy atom. The SMILES string of the molecule is CN1CCN2CCCc3cncc1c32. The zero-order valence-corrected chi connectivity index (χ0v) is 8.53. The molecule has 0 fully saturated rings. The molecule has 3 nitrogen and oxygen atoms in total. The van der Waals surface area contributed by atoms with Gasteiger partial charge in [-0.05, 0) is 18.4 Å². The van der Waals surface area contributed by atoms with Gasteiger partial charge in [-0.2, -0.15) is 0 Å². The number of nitrogens with zero attached hydrogens (tertiary/aromatic N) is 3. The lowest BCUT2D eigenvalue weighted by Gasteiger charge is -2.40. The third kappa shape index (κ3) is 1.01.